The number of methoxy groups -OCH3 is 1. The Morgan fingerprint density at radius 2 is 2.13 bits per heavy atom. The molecule has 2 N–H and O–H groups in total. The Morgan fingerprint density at radius 3 is 2.83 bits per heavy atom. The largest absolute Gasteiger partial charge is 0.496 e. The van der Waals surface area contributed by atoms with E-state index in [0.717, 1.165) is 27.0 Å². The second kappa shape index (κ2) is 8.33. The van der Waals surface area contributed by atoms with Crippen LogP contribution in [0.4, 0.5) is 5.69 Å². The van der Waals surface area contributed by atoms with Crippen molar-refractivity contribution in [3.63, 3.8) is 0 Å². The lowest BCUT2D eigenvalue weighted by molar-refractivity contribution is -0.119. The number of hydrogen-bond donors (Lipinski definition) is 2. The van der Waals surface area contributed by atoms with Gasteiger partial charge in [-0.25, -0.2) is 5.43 Å². The maximum Gasteiger partial charge on any atom is 0.259 e. The van der Waals surface area contributed by atoms with Crippen molar-refractivity contribution in [2.75, 3.05) is 19.0 Å². The van der Waals surface area contributed by atoms with Crippen molar-refractivity contribution in [2.45, 2.75) is 6.92 Å². The van der Waals surface area contributed by atoms with Crippen molar-refractivity contribution >= 4 is 33.7 Å². The third-order valence-electron chi connectivity index (χ3n) is 3.05. The van der Waals surface area contributed by atoms with Crippen LogP contribution in [0.5, 0.6) is 5.75 Å². The third-order valence-corrected chi connectivity index (χ3v) is 3.67. The van der Waals surface area contributed by atoms with E-state index in [4.69, 9.17) is 4.74 Å². The highest BCUT2D eigenvalue weighted by Crippen LogP contribution is 2.24. The number of rotatable bonds is 6. The highest BCUT2D eigenvalue weighted by atomic mass is 79.9. The van der Waals surface area contributed by atoms with E-state index in [2.05, 4.69) is 31.8 Å². The van der Waals surface area contributed by atoms with E-state index in [1.165, 1.54) is 0 Å². The van der Waals surface area contributed by atoms with Gasteiger partial charge in [-0.2, -0.15) is 5.10 Å². The number of amides is 1. The van der Waals surface area contributed by atoms with Crippen LogP contribution in [0.2, 0.25) is 0 Å². The Hall–Kier alpha value is -2.34. The minimum absolute atomic E-state index is 0.160. The van der Waals surface area contributed by atoms with Crippen molar-refractivity contribution in [1.29, 1.82) is 0 Å². The van der Waals surface area contributed by atoms with E-state index in [-0.39, 0.29) is 12.5 Å². The molecule has 0 aliphatic carbocycles. The first-order valence-electron chi connectivity index (χ1n) is 7.04. The van der Waals surface area contributed by atoms with Crippen LogP contribution >= 0.6 is 15.9 Å². The second-order valence-corrected chi connectivity index (χ2v) is 5.76. The summed E-state index contributed by atoms with van der Waals surface area (Å²) < 4.78 is 5.99. The molecule has 5 nitrogen and oxygen atoms in total. The van der Waals surface area contributed by atoms with Gasteiger partial charge in [0.2, 0.25) is 0 Å². The van der Waals surface area contributed by atoms with E-state index in [1.807, 2.05) is 49.4 Å². The molecule has 0 aromatic heterocycles. The standard InChI is InChI=1S/C17H18BrN3O2/c1-12-4-3-5-14(8-12)19-11-17(22)21-20-10-13-6-7-16(23-2)15(18)9-13/h3-10,19H,11H2,1-2H3,(H,21,22)/b20-10-. The van der Waals surface area contributed by atoms with Crippen LogP contribution in [0, 0.1) is 6.92 Å². The van der Waals surface area contributed by atoms with Gasteiger partial charge < -0.3 is 10.1 Å². The molecule has 23 heavy (non-hydrogen) atoms. The quantitative estimate of drug-likeness (QED) is 0.601. The van der Waals surface area contributed by atoms with E-state index in [9.17, 15) is 4.79 Å². The summed E-state index contributed by atoms with van der Waals surface area (Å²) in [5.41, 5.74) is 5.38. The van der Waals surface area contributed by atoms with Crippen molar-refractivity contribution in [3.8, 4) is 5.75 Å². The molecule has 0 saturated carbocycles. The summed E-state index contributed by atoms with van der Waals surface area (Å²) >= 11 is 3.40. The number of halogens is 1. The molecule has 0 radical (unpaired) electrons. The zero-order valence-electron chi connectivity index (χ0n) is 13.0. The molecule has 0 aliphatic rings. The van der Waals surface area contributed by atoms with E-state index in [0.29, 0.717) is 0 Å². The fraction of sp³-hybridized carbons (Fsp3) is 0.176. The molecule has 0 bridgehead atoms. The number of hydrogen-bond acceptors (Lipinski definition) is 4. The molecule has 0 spiro atoms. The second-order valence-electron chi connectivity index (χ2n) is 4.91. The molecule has 0 fully saturated rings. The highest BCUT2D eigenvalue weighted by molar-refractivity contribution is 9.10. The van der Waals surface area contributed by atoms with Crippen molar-refractivity contribution in [2.24, 2.45) is 5.10 Å². The average molecular weight is 376 g/mol. The molecule has 1 amide bonds. The fourth-order valence-corrected chi connectivity index (χ4v) is 2.48. The number of anilines is 1. The normalized spacial score (nSPS) is 10.6. The van der Waals surface area contributed by atoms with Gasteiger partial charge in [0.25, 0.3) is 5.91 Å². The summed E-state index contributed by atoms with van der Waals surface area (Å²) in [5, 5.41) is 6.99. The predicted molar refractivity (Wildman–Crippen MR) is 96.1 cm³/mol. The number of carbonyl (C=O) groups excluding carboxylic acids is 1. The summed E-state index contributed by atoms with van der Waals surface area (Å²) in [5.74, 6) is 0.531. The van der Waals surface area contributed by atoms with Crippen LogP contribution in [0.1, 0.15) is 11.1 Å². The highest BCUT2D eigenvalue weighted by Gasteiger charge is 2.01. The zero-order chi connectivity index (χ0) is 16.7. The van der Waals surface area contributed by atoms with E-state index < -0.39 is 0 Å². The number of nitrogens with one attached hydrogen (secondary N) is 2. The maximum atomic E-state index is 11.7. The van der Waals surface area contributed by atoms with Crippen LogP contribution in [0.25, 0.3) is 0 Å². The minimum Gasteiger partial charge on any atom is -0.496 e. The monoisotopic (exact) mass is 375 g/mol. The first-order valence-corrected chi connectivity index (χ1v) is 7.84. The Labute approximate surface area is 143 Å². The Balaban J connectivity index is 1.83. The lowest BCUT2D eigenvalue weighted by Crippen LogP contribution is -2.25. The van der Waals surface area contributed by atoms with E-state index in [1.54, 1.807) is 13.3 Å². The van der Waals surface area contributed by atoms with Crippen LogP contribution in [-0.2, 0) is 4.79 Å². The number of hydrazone groups is 1. The summed E-state index contributed by atoms with van der Waals surface area (Å²) in [6, 6.07) is 13.4. The number of benzene rings is 2. The molecule has 0 unspecified atom stereocenters. The first-order chi connectivity index (χ1) is 11.1. The zero-order valence-corrected chi connectivity index (χ0v) is 14.6. The van der Waals surface area contributed by atoms with Crippen LogP contribution in [0.3, 0.4) is 0 Å². The Kier molecular flexibility index (Phi) is 6.17. The number of aryl methyl sites for hydroxylation is 1. The smallest absolute Gasteiger partial charge is 0.259 e. The lowest BCUT2D eigenvalue weighted by Gasteiger charge is -2.06. The predicted octanol–water partition coefficient (Wildman–Crippen LogP) is 3.33. The summed E-state index contributed by atoms with van der Waals surface area (Å²) in [6.07, 6.45) is 1.58. The van der Waals surface area contributed by atoms with Gasteiger partial charge in [-0.05, 0) is 64.3 Å². The maximum absolute atomic E-state index is 11.7. The van der Waals surface area contributed by atoms with Crippen LogP contribution in [-0.4, -0.2) is 25.8 Å². The van der Waals surface area contributed by atoms with Crippen LogP contribution < -0.4 is 15.5 Å². The molecule has 6 heteroatoms. The number of carbonyl (C=O) groups is 1. The van der Waals surface area contributed by atoms with Gasteiger partial charge in [0.1, 0.15) is 5.75 Å². The summed E-state index contributed by atoms with van der Waals surface area (Å²) in [6.45, 7) is 2.16. The molecule has 2 aromatic rings. The lowest BCUT2D eigenvalue weighted by atomic mass is 10.2. The minimum atomic E-state index is -0.213. The van der Waals surface area contributed by atoms with Gasteiger partial charge >= 0.3 is 0 Å². The van der Waals surface area contributed by atoms with Gasteiger partial charge in [-0.15, -0.1) is 0 Å². The molecule has 2 aromatic carbocycles. The molecular weight excluding hydrogens is 358 g/mol. The van der Waals surface area contributed by atoms with Gasteiger partial charge in [0.05, 0.1) is 24.3 Å². The SMILES string of the molecule is COc1ccc(/C=N\NC(=O)CNc2cccc(C)c2)cc1Br. The topological polar surface area (TPSA) is 62.7 Å². The summed E-state index contributed by atoms with van der Waals surface area (Å²) in [7, 11) is 1.61. The Morgan fingerprint density at radius 1 is 1.30 bits per heavy atom. The molecule has 0 atom stereocenters. The third kappa shape index (κ3) is 5.41. The molecule has 0 saturated heterocycles. The van der Waals surface area contributed by atoms with Crippen molar-refractivity contribution in [1.82, 2.24) is 5.43 Å². The van der Waals surface area contributed by atoms with Gasteiger partial charge in [0.15, 0.2) is 0 Å². The molecular formula is C17H18BrN3O2. The molecule has 0 aliphatic heterocycles. The van der Waals surface area contributed by atoms with E-state index >= 15 is 0 Å². The van der Waals surface area contributed by atoms with Crippen molar-refractivity contribution < 1.29 is 9.53 Å². The average Bonchev–Trinajstić information content (AvgIpc) is 2.53. The summed E-state index contributed by atoms with van der Waals surface area (Å²) in [4.78, 5) is 11.7. The van der Waals surface area contributed by atoms with Gasteiger partial charge in [-0.1, -0.05) is 12.1 Å². The van der Waals surface area contributed by atoms with Gasteiger partial charge in [-0.3, -0.25) is 4.79 Å². The van der Waals surface area contributed by atoms with Crippen LogP contribution in [0.15, 0.2) is 52.0 Å². The molecule has 2 rings (SSSR count). The van der Waals surface area contributed by atoms with Crippen molar-refractivity contribution in [3.05, 3.63) is 58.1 Å². The van der Waals surface area contributed by atoms with Gasteiger partial charge in [0, 0.05) is 5.69 Å². The molecule has 120 valence electrons. The molecule has 0 heterocycles. The fourth-order valence-electron chi connectivity index (χ4n) is 1.92. The number of nitrogens with zero attached hydrogens (tertiary/aromatic N) is 1. The first kappa shape index (κ1) is 17.0. The Bertz CT molecular complexity index is 717. The number of ether oxygens (including phenoxy) is 1.